The lowest BCUT2D eigenvalue weighted by molar-refractivity contribution is -0.167. The lowest BCUT2D eigenvalue weighted by Gasteiger charge is -2.18. The van der Waals surface area contributed by atoms with Crippen LogP contribution >= 0.6 is 0 Å². The van der Waals surface area contributed by atoms with E-state index in [1.807, 2.05) is 0 Å². The zero-order valence-corrected chi connectivity index (χ0v) is 54.9. The number of carbonyl (C=O) groups is 3. The maximum absolute atomic E-state index is 12.9. The molecule has 1 unspecified atom stereocenters. The van der Waals surface area contributed by atoms with Crippen LogP contribution in [0.25, 0.3) is 0 Å². The Labute approximate surface area is 515 Å². The zero-order chi connectivity index (χ0) is 59.9. The molecular formula is C77H134O6. The number of hydrogen-bond donors (Lipinski definition) is 0. The molecule has 0 fully saturated rings. The second kappa shape index (κ2) is 70.8. The van der Waals surface area contributed by atoms with Crippen LogP contribution in [0.3, 0.4) is 0 Å². The second-order valence-electron chi connectivity index (χ2n) is 23.8. The highest BCUT2D eigenvalue weighted by molar-refractivity contribution is 5.71. The number of allylic oxidation sites excluding steroid dienone is 16. The Bertz CT molecular complexity index is 1610. The molecule has 83 heavy (non-hydrogen) atoms. The van der Waals surface area contributed by atoms with Crippen molar-refractivity contribution in [2.75, 3.05) is 13.2 Å². The van der Waals surface area contributed by atoms with Gasteiger partial charge in [0.15, 0.2) is 6.10 Å². The third kappa shape index (κ3) is 69.0. The summed E-state index contributed by atoms with van der Waals surface area (Å²) in [4.78, 5) is 38.3. The Kier molecular flexibility index (Phi) is 67.7. The van der Waals surface area contributed by atoms with Gasteiger partial charge in [-0.2, -0.15) is 0 Å². The minimum atomic E-state index is -0.775. The summed E-state index contributed by atoms with van der Waals surface area (Å²) in [6, 6.07) is 0. The Morgan fingerprint density at radius 1 is 0.253 bits per heavy atom. The average molecular weight is 1160 g/mol. The number of esters is 3. The van der Waals surface area contributed by atoms with Gasteiger partial charge in [0, 0.05) is 19.3 Å². The van der Waals surface area contributed by atoms with Gasteiger partial charge in [0.1, 0.15) is 13.2 Å². The highest BCUT2D eigenvalue weighted by Gasteiger charge is 2.19. The Balaban J connectivity index is 4.16. The molecule has 0 aromatic rings. The van der Waals surface area contributed by atoms with Crippen molar-refractivity contribution in [1.82, 2.24) is 0 Å². The Hall–Kier alpha value is -3.67. The summed E-state index contributed by atoms with van der Waals surface area (Å²) < 4.78 is 16.9. The molecule has 0 aliphatic rings. The number of hydrogen-bond acceptors (Lipinski definition) is 6. The Morgan fingerprint density at radius 3 is 0.735 bits per heavy atom. The summed E-state index contributed by atoms with van der Waals surface area (Å²) in [5, 5.41) is 0. The van der Waals surface area contributed by atoms with Crippen LogP contribution in [-0.4, -0.2) is 37.2 Å². The highest BCUT2D eigenvalue weighted by atomic mass is 16.6. The Morgan fingerprint density at radius 2 is 0.470 bits per heavy atom. The third-order valence-electron chi connectivity index (χ3n) is 15.6. The molecule has 1 atom stereocenters. The average Bonchev–Trinajstić information content (AvgIpc) is 3.49. The highest BCUT2D eigenvalue weighted by Crippen LogP contribution is 2.18. The van der Waals surface area contributed by atoms with Gasteiger partial charge in [0.25, 0.3) is 0 Å². The number of unbranched alkanes of at least 4 members (excludes halogenated alkanes) is 38. The van der Waals surface area contributed by atoms with E-state index in [0.29, 0.717) is 19.3 Å². The van der Waals surface area contributed by atoms with Crippen molar-refractivity contribution in [2.24, 2.45) is 0 Å². The van der Waals surface area contributed by atoms with Crippen molar-refractivity contribution in [3.8, 4) is 0 Å². The second-order valence-corrected chi connectivity index (χ2v) is 23.8. The van der Waals surface area contributed by atoms with E-state index in [9.17, 15) is 14.4 Å². The van der Waals surface area contributed by atoms with Crippen LogP contribution < -0.4 is 0 Å². The number of rotatable bonds is 65. The van der Waals surface area contributed by atoms with Crippen molar-refractivity contribution in [3.05, 3.63) is 97.2 Å². The molecule has 0 spiro atoms. The van der Waals surface area contributed by atoms with Gasteiger partial charge < -0.3 is 14.2 Å². The van der Waals surface area contributed by atoms with E-state index in [4.69, 9.17) is 14.2 Å². The van der Waals surface area contributed by atoms with Gasteiger partial charge in [0.2, 0.25) is 0 Å². The van der Waals surface area contributed by atoms with E-state index >= 15 is 0 Å². The molecule has 6 nitrogen and oxygen atoms in total. The van der Waals surface area contributed by atoms with Gasteiger partial charge in [-0.1, -0.05) is 349 Å². The van der Waals surface area contributed by atoms with Crippen LogP contribution in [0, 0.1) is 0 Å². The van der Waals surface area contributed by atoms with Crippen LogP contribution in [0.2, 0.25) is 0 Å². The molecule has 478 valence electrons. The lowest BCUT2D eigenvalue weighted by Crippen LogP contribution is -2.30. The summed E-state index contributed by atoms with van der Waals surface area (Å²) in [5.74, 6) is -0.860. The van der Waals surface area contributed by atoms with Gasteiger partial charge in [-0.15, -0.1) is 0 Å². The molecule has 0 heterocycles. The predicted octanol–water partition coefficient (Wildman–Crippen LogP) is 24.8. The first-order chi connectivity index (χ1) is 41.0. The molecule has 0 aliphatic carbocycles. The van der Waals surface area contributed by atoms with Gasteiger partial charge in [-0.3, -0.25) is 14.4 Å². The van der Waals surface area contributed by atoms with Gasteiger partial charge >= 0.3 is 17.9 Å². The first kappa shape index (κ1) is 79.3. The van der Waals surface area contributed by atoms with Crippen LogP contribution in [0.15, 0.2) is 97.2 Å². The molecule has 0 rings (SSSR count). The van der Waals surface area contributed by atoms with E-state index in [2.05, 4.69) is 118 Å². The van der Waals surface area contributed by atoms with Crippen molar-refractivity contribution in [3.63, 3.8) is 0 Å². The molecule has 0 aromatic carbocycles. The molecule has 0 aromatic heterocycles. The fourth-order valence-corrected chi connectivity index (χ4v) is 10.3. The van der Waals surface area contributed by atoms with Crippen LogP contribution in [-0.2, 0) is 28.6 Å². The SMILES string of the molecule is CC/C=C\C/C=C\C/C=C\C/C=C\C/C=C\C/C=C\C/C=C\C/C=C\CCCCCCCCCCCCC(=O)OCC(COC(=O)CCCCCCCCCCCC)OC(=O)CCCCCCCCCCCCCCCCCCCCCC. The zero-order valence-electron chi connectivity index (χ0n) is 54.9. The first-order valence-corrected chi connectivity index (χ1v) is 35.7. The normalized spacial score (nSPS) is 12.7. The molecule has 0 saturated carbocycles. The van der Waals surface area contributed by atoms with Crippen molar-refractivity contribution in [2.45, 2.75) is 361 Å². The third-order valence-corrected chi connectivity index (χ3v) is 15.6. The molecule has 0 aliphatic heterocycles. The van der Waals surface area contributed by atoms with E-state index < -0.39 is 6.10 Å². The molecule has 6 heteroatoms. The minimum absolute atomic E-state index is 0.0724. The van der Waals surface area contributed by atoms with E-state index in [1.165, 1.54) is 205 Å². The van der Waals surface area contributed by atoms with E-state index in [0.717, 1.165) is 109 Å². The van der Waals surface area contributed by atoms with Crippen molar-refractivity contribution >= 4 is 17.9 Å². The standard InChI is InChI=1S/C77H134O6/c1-4-7-10-13-16-19-22-24-26-28-30-32-33-34-35-36-37-38-39-40-41-42-43-44-45-46-48-49-51-53-55-58-61-64-67-70-76(79)82-73-74(72-81-75(78)69-66-63-60-57-21-18-15-12-9-6-3)83-77(80)71-68-65-62-59-56-54-52-50-47-31-29-27-25-23-20-17-14-11-8-5-2/h7,10,16,19,24,26,30,32,34-35,37-38,40-41,43-44,74H,4-6,8-9,11-15,17-18,20-23,25,27-29,31,33,36,39,42,45-73H2,1-3H3/b10-7-,19-16-,26-24-,32-30-,35-34-,38-37-,41-40-,44-43-. The fraction of sp³-hybridized carbons (Fsp3) is 0.753. The lowest BCUT2D eigenvalue weighted by atomic mass is 10.0. The first-order valence-electron chi connectivity index (χ1n) is 35.7. The summed E-state index contributed by atoms with van der Waals surface area (Å²) in [7, 11) is 0. The maximum Gasteiger partial charge on any atom is 0.306 e. The topological polar surface area (TPSA) is 78.9 Å². The van der Waals surface area contributed by atoms with E-state index in [1.54, 1.807) is 0 Å². The van der Waals surface area contributed by atoms with Crippen molar-refractivity contribution in [1.29, 1.82) is 0 Å². The fourth-order valence-electron chi connectivity index (χ4n) is 10.3. The maximum atomic E-state index is 12.9. The predicted molar refractivity (Wildman–Crippen MR) is 362 cm³/mol. The summed E-state index contributed by atoms with van der Waals surface area (Å²) in [5.41, 5.74) is 0. The largest absolute Gasteiger partial charge is 0.462 e. The summed E-state index contributed by atoms with van der Waals surface area (Å²) >= 11 is 0. The molecule has 0 amide bonds. The molecule has 0 radical (unpaired) electrons. The van der Waals surface area contributed by atoms with Crippen LogP contribution in [0.4, 0.5) is 0 Å². The summed E-state index contributed by atoms with van der Waals surface area (Å²) in [6.45, 7) is 6.56. The number of ether oxygens (including phenoxy) is 3. The van der Waals surface area contributed by atoms with E-state index in [-0.39, 0.29) is 31.1 Å². The summed E-state index contributed by atoms with van der Waals surface area (Å²) in [6.07, 6.45) is 95.9. The quantitative estimate of drug-likeness (QED) is 0.0261. The van der Waals surface area contributed by atoms with Crippen molar-refractivity contribution < 1.29 is 28.6 Å². The molecule has 0 saturated heterocycles. The van der Waals surface area contributed by atoms with Crippen LogP contribution in [0.1, 0.15) is 355 Å². The van der Waals surface area contributed by atoms with Gasteiger partial charge in [-0.25, -0.2) is 0 Å². The molecular weight excluding hydrogens is 1020 g/mol. The van der Waals surface area contributed by atoms with Gasteiger partial charge in [-0.05, 0) is 83.5 Å². The molecule has 0 N–H and O–H groups in total. The smallest absolute Gasteiger partial charge is 0.306 e. The van der Waals surface area contributed by atoms with Crippen LogP contribution in [0.5, 0.6) is 0 Å². The monoisotopic (exact) mass is 1160 g/mol. The van der Waals surface area contributed by atoms with Gasteiger partial charge in [0.05, 0.1) is 0 Å². The minimum Gasteiger partial charge on any atom is -0.462 e. The number of carbonyl (C=O) groups excluding carboxylic acids is 3. The molecule has 0 bridgehead atoms.